The molecule has 5 rings (SSSR count). The van der Waals surface area contributed by atoms with Gasteiger partial charge in [0, 0.05) is 12.3 Å². The summed E-state index contributed by atoms with van der Waals surface area (Å²) in [5.41, 5.74) is 2.50. The molecule has 0 aromatic heterocycles. The summed E-state index contributed by atoms with van der Waals surface area (Å²) in [6.45, 7) is 2.71. The van der Waals surface area contributed by atoms with Crippen molar-refractivity contribution in [2.45, 2.75) is 49.6 Å². The van der Waals surface area contributed by atoms with Crippen molar-refractivity contribution in [2.24, 2.45) is 5.92 Å². The number of hydrogen-bond donors (Lipinski definition) is 0. The van der Waals surface area contributed by atoms with Crippen LogP contribution in [0.5, 0.6) is 5.75 Å². The molecule has 1 saturated carbocycles. The van der Waals surface area contributed by atoms with Crippen LogP contribution in [0, 0.1) is 5.92 Å². The van der Waals surface area contributed by atoms with Gasteiger partial charge in [-0.15, -0.1) is 0 Å². The normalized spacial score (nSPS) is 34.0. The van der Waals surface area contributed by atoms with Gasteiger partial charge in [0.25, 0.3) is 0 Å². The van der Waals surface area contributed by atoms with Gasteiger partial charge in [-0.3, -0.25) is 0 Å². The molecule has 1 aromatic rings. The summed E-state index contributed by atoms with van der Waals surface area (Å²) in [7, 11) is 1.72. The predicted molar refractivity (Wildman–Crippen MR) is 90.7 cm³/mol. The molecule has 2 aliphatic heterocycles. The van der Waals surface area contributed by atoms with Gasteiger partial charge in [-0.1, -0.05) is 6.07 Å². The third-order valence-electron chi connectivity index (χ3n) is 6.60. The predicted octanol–water partition coefficient (Wildman–Crippen LogP) is 2.80. The lowest BCUT2D eigenvalue weighted by Gasteiger charge is -2.56. The average molecular weight is 346 g/mol. The lowest BCUT2D eigenvalue weighted by Crippen LogP contribution is -2.61. The summed E-state index contributed by atoms with van der Waals surface area (Å²) < 4.78 is 30.1. The Morgan fingerprint density at radius 1 is 1.04 bits per heavy atom. The second-order valence-electron chi connectivity index (χ2n) is 7.59. The van der Waals surface area contributed by atoms with Crippen molar-refractivity contribution >= 4 is 0 Å². The summed E-state index contributed by atoms with van der Waals surface area (Å²) >= 11 is 0. The monoisotopic (exact) mass is 346 g/mol. The standard InChI is InChI=1S/C20H26O5/c1-21-15-4-5-16-14(13-15)3-6-17-19(16,18-22-9-10-23-18)7-2-8-20(17)24-11-12-25-20/h4-5,13,17-18H,2-3,6-12H2,1H3/t17-,19-/m1/s1. The Morgan fingerprint density at radius 2 is 1.84 bits per heavy atom. The van der Waals surface area contributed by atoms with Crippen molar-refractivity contribution in [3.8, 4) is 5.75 Å². The molecular weight excluding hydrogens is 320 g/mol. The van der Waals surface area contributed by atoms with E-state index < -0.39 is 5.79 Å². The average Bonchev–Trinajstić information content (AvgIpc) is 3.34. The van der Waals surface area contributed by atoms with Crippen molar-refractivity contribution < 1.29 is 23.7 Å². The Bertz CT molecular complexity index is 647. The molecule has 4 aliphatic rings. The van der Waals surface area contributed by atoms with E-state index in [2.05, 4.69) is 18.2 Å². The maximum absolute atomic E-state index is 6.24. The molecule has 136 valence electrons. The quantitative estimate of drug-likeness (QED) is 0.824. The summed E-state index contributed by atoms with van der Waals surface area (Å²) in [4.78, 5) is 0. The van der Waals surface area contributed by atoms with Gasteiger partial charge in [-0.05, 0) is 48.9 Å². The second kappa shape index (κ2) is 5.95. The van der Waals surface area contributed by atoms with Crippen LogP contribution in [0.1, 0.15) is 36.8 Å². The van der Waals surface area contributed by atoms with Crippen LogP contribution in [0.3, 0.4) is 0 Å². The number of benzene rings is 1. The molecule has 1 aromatic carbocycles. The van der Waals surface area contributed by atoms with E-state index in [0.717, 1.165) is 37.9 Å². The topological polar surface area (TPSA) is 46.2 Å². The fraction of sp³-hybridized carbons (Fsp3) is 0.700. The Kier molecular flexibility index (Phi) is 3.82. The summed E-state index contributed by atoms with van der Waals surface area (Å²) in [5.74, 6) is 0.713. The maximum atomic E-state index is 6.24. The Labute approximate surface area is 148 Å². The molecular formula is C20H26O5. The molecule has 5 nitrogen and oxygen atoms in total. The van der Waals surface area contributed by atoms with Crippen molar-refractivity contribution in [3.05, 3.63) is 29.3 Å². The van der Waals surface area contributed by atoms with Crippen LogP contribution >= 0.6 is 0 Å². The molecule has 2 aliphatic carbocycles. The van der Waals surface area contributed by atoms with Gasteiger partial charge < -0.3 is 23.7 Å². The van der Waals surface area contributed by atoms with Crippen molar-refractivity contribution in [3.63, 3.8) is 0 Å². The number of aryl methyl sites for hydroxylation is 1. The first kappa shape index (κ1) is 16.1. The van der Waals surface area contributed by atoms with Crippen LogP contribution in [-0.4, -0.2) is 45.6 Å². The number of hydrogen-bond acceptors (Lipinski definition) is 5. The maximum Gasteiger partial charge on any atom is 0.172 e. The molecule has 2 heterocycles. The Balaban J connectivity index is 1.66. The molecule has 0 bridgehead atoms. The van der Waals surface area contributed by atoms with Gasteiger partial charge >= 0.3 is 0 Å². The Morgan fingerprint density at radius 3 is 2.60 bits per heavy atom. The fourth-order valence-electron chi connectivity index (χ4n) is 5.71. The van der Waals surface area contributed by atoms with Crippen LogP contribution < -0.4 is 4.74 Å². The lowest BCUT2D eigenvalue weighted by atomic mass is 9.54. The zero-order valence-electron chi connectivity index (χ0n) is 14.8. The van der Waals surface area contributed by atoms with E-state index in [1.54, 1.807) is 7.11 Å². The van der Waals surface area contributed by atoms with E-state index >= 15 is 0 Å². The van der Waals surface area contributed by atoms with Gasteiger partial charge in [-0.25, -0.2) is 0 Å². The van der Waals surface area contributed by atoms with E-state index in [1.165, 1.54) is 11.1 Å². The molecule has 2 saturated heterocycles. The third-order valence-corrected chi connectivity index (χ3v) is 6.60. The first-order valence-electron chi connectivity index (χ1n) is 9.47. The first-order chi connectivity index (χ1) is 12.3. The summed E-state index contributed by atoms with van der Waals surface area (Å²) in [6, 6.07) is 6.47. The van der Waals surface area contributed by atoms with E-state index in [9.17, 15) is 0 Å². The number of fused-ring (bicyclic) bond motifs is 4. The molecule has 1 spiro atoms. The zero-order chi connectivity index (χ0) is 16.9. The van der Waals surface area contributed by atoms with Crippen LogP contribution in [-0.2, 0) is 30.8 Å². The number of methoxy groups -OCH3 is 1. The smallest absolute Gasteiger partial charge is 0.172 e. The largest absolute Gasteiger partial charge is 0.497 e. The van der Waals surface area contributed by atoms with Gasteiger partial charge in [0.15, 0.2) is 12.1 Å². The lowest BCUT2D eigenvalue weighted by molar-refractivity contribution is -0.264. The van der Waals surface area contributed by atoms with Crippen LogP contribution in [0.4, 0.5) is 0 Å². The summed E-state index contributed by atoms with van der Waals surface area (Å²) in [5, 5.41) is 0. The van der Waals surface area contributed by atoms with Crippen LogP contribution in [0.25, 0.3) is 0 Å². The minimum Gasteiger partial charge on any atom is -0.497 e. The highest BCUT2D eigenvalue weighted by Crippen LogP contribution is 2.59. The molecule has 0 radical (unpaired) electrons. The minimum absolute atomic E-state index is 0.195. The van der Waals surface area contributed by atoms with E-state index in [0.29, 0.717) is 26.4 Å². The van der Waals surface area contributed by atoms with Gasteiger partial charge in [0.1, 0.15) is 5.75 Å². The number of ether oxygens (including phenoxy) is 5. The van der Waals surface area contributed by atoms with Gasteiger partial charge in [0.2, 0.25) is 0 Å². The molecule has 0 amide bonds. The van der Waals surface area contributed by atoms with E-state index in [4.69, 9.17) is 23.7 Å². The number of rotatable bonds is 2. The highest BCUT2D eigenvalue weighted by Gasteiger charge is 2.63. The third kappa shape index (κ3) is 2.23. The molecule has 2 atom stereocenters. The summed E-state index contributed by atoms with van der Waals surface area (Å²) in [6.07, 6.45) is 4.91. The SMILES string of the molecule is COc1ccc2c(c1)CC[C@H]1C3(CCC[C@@]21C1OCCO1)OCCO3. The molecule has 3 fully saturated rings. The molecule has 5 heteroatoms. The molecule has 0 N–H and O–H groups in total. The first-order valence-corrected chi connectivity index (χ1v) is 9.47. The van der Waals surface area contributed by atoms with Crippen LogP contribution in [0.2, 0.25) is 0 Å². The highest BCUT2D eigenvalue weighted by atomic mass is 16.7. The Hall–Kier alpha value is -1.14. The van der Waals surface area contributed by atoms with Crippen LogP contribution in [0.15, 0.2) is 18.2 Å². The molecule has 0 unspecified atom stereocenters. The fourth-order valence-corrected chi connectivity index (χ4v) is 5.71. The zero-order valence-corrected chi connectivity index (χ0v) is 14.8. The van der Waals surface area contributed by atoms with E-state index in [1.807, 2.05) is 0 Å². The van der Waals surface area contributed by atoms with Gasteiger partial charge in [0.05, 0.1) is 39.0 Å². The van der Waals surface area contributed by atoms with E-state index in [-0.39, 0.29) is 17.6 Å². The van der Waals surface area contributed by atoms with Crippen molar-refractivity contribution in [1.82, 2.24) is 0 Å². The van der Waals surface area contributed by atoms with Gasteiger partial charge in [-0.2, -0.15) is 0 Å². The van der Waals surface area contributed by atoms with Crippen molar-refractivity contribution in [2.75, 3.05) is 33.5 Å². The highest BCUT2D eigenvalue weighted by molar-refractivity contribution is 5.44. The second-order valence-corrected chi connectivity index (χ2v) is 7.59. The van der Waals surface area contributed by atoms with Crippen molar-refractivity contribution in [1.29, 1.82) is 0 Å². The minimum atomic E-state index is -0.467. The molecule has 25 heavy (non-hydrogen) atoms.